The predicted octanol–water partition coefficient (Wildman–Crippen LogP) is -0.243. The summed E-state index contributed by atoms with van der Waals surface area (Å²) >= 11 is 0. The predicted molar refractivity (Wildman–Crippen MR) is 58.5 cm³/mol. The van der Waals surface area contributed by atoms with Crippen LogP contribution in [-0.4, -0.2) is 56.3 Å². The second kappa shape index (κ2) is 5.82. The van der Waals surface area contributed by atoms with E-state index in [-0.39, 0.29) is 0 Å². The van der Waals surface area contributed by atoms with Gasteiger partial charge in [-0.1, -0.05) is 5.16 Å². The van der Waals surface area contributed by atoms with E-state index < -0.39 is 0 Å². The van der Waals surface area contributed by atoms with Crippen molar-refractivity contribution in [1.82, 2.24) is 0 Å². The number of oxime groups is 1. The van der Waals surface area contributed by atoms with E-state index in [1.165, 1.54) is 0 Å². The Bertz CT molecular complexity index is 231. The Labute approximate surface area is 90.5 Å². The number of nitrogens with zero attached hydrogens (tertiary/aromatic N) is 2. The van der Waals surface area contributed by atoms with Gasteiger partial charge in [-0.3, -0.25) is 4.79 Å². The molecule has 0 aromatic rings. The number of nitrogens with two attached hydrogens (primary N) is 1. The van der Waals surface area contributed by atoms with Crippen LogP contribution in [0.15, 0.2) is 5.16 Å². The van der Waals surface area contributed by atoms with Gasteiger partial charge in [0.15, 0.2) is 6.29 Å². The summed E-state index contributed by atoms with van der Waals surface area (Å²) in [4.78, 5) is 15.5. The Balaban J connectivity index is 2.34. The molecule has 0 saturated carbocycles. The number of likely N-dealkylation sites (tertiary alicyclic amines) is 1. The quantitative estimate of drug-likeness (QED) is 0.297. The minimum absolute atomic E-state index is 0.476. The zero-order chi connectivity index (χ0) is 11.1. The van der Waals surface area contributed by atoms with Gasteiger partial charge in [0.2, 0.25) is 0 Å². The minimum atomic E-state index is 0.476. The van der Waals surface area contributed by atoms with Gasteiger partial charge >= 0.3 is 0 Å². The standard InChI is InChI=1S/C10H20N3O2/c1-13(7-8-14)5-2-10(3-6-13)12-15-9-4-11/h8H,2-7,9,11H2,1H3/q+1. The third kappa shape index (κ3) is 3.97. The van der Waals surface area contributed by atoms with Crippen LogP contribution >= 0.6 is 0 Å². The molecule has 0 spiro atoms. The molecule has 0 atom stereocenters. The van der Waals surface area contributed by atoms with Crippen molar-refractivity contribution in [3.8, 4) is 0 Å². The van der Waals surface area contributed by atoms with Gasteiger partial charge in [-0.25, -0.2) is 0 Å². The number of carbonyl (C=O) groups is 1. The van der Waals surface area contributed by atoms with Crippen LogP contribution < -0.4 is 5.73 Å². The summed E-state index contributed by atoms with van der Waals surface area (Å²) in [5, 5.41) is 4.04. The zero-order valence-electron chi connectivity index (χ0n) is 9.32. The smallest absolute Gasteiger partial charge is 0.174 e. The highest BCUT2D eigenvalue weighted by atomic mass is 16.6. The maximum absolute atomic E-state index is 10.5. The van der Waals surface area contributed by atoms with Crippen molar-refractivity contribution in [2.45, 2.75) is 12.8 Å². The SMILES string of the molecule is C[N+]1(CC=O)CCC(=NOCCN)CC1. The third-order valence-electron chi connectivity index (χ3n) is 2.80. The summed E-state index contributed by atoms with van der Waals surface area (Å²) in [6.07, 6.45) is 2.82. The Morgan fingerprint density at radius 2 is 2.20 bits per heavy atom. The molecule has 1 saturated heterocycles. The van der Waals surface area contributed by atoms with Gasteiger partial charge < -0.3 is 15.1 Å². The summed E-state index contributed by atoms with van der Waals surface area (Å²) in [6.45, 7) is 3.49. The van der Waals surface area contributed by atoms with E-state index in [2.05, 4.69) is 12.2 Å². The molecule has 2 N–H and O–H groups in total. The molecule has 0 bridgehead atoms. The molecule has 0 amide bonds. The largest absolute Gasteiger partial charge is 0.394 e. The molecule has 1 fully saturated rings. The fraction of sp³-hybridized carbons (Fsp3) is 0.800. The normalized spacial score (nSPS) is 26.1. The van der Waals surface area contributed by atoms with Crippen molar-refractivity contribution in [3.05, 3.63) is 0 Å². The molecular formula is C10H20N3O2+. The van der Waals surface area contributed by atoms with Crippen LogP contribution in [0.3, 0.4) is 0 Å². The number of rotatable bonds is 5. The Morgan fingerprint density at radius 3 is 2.73 bits per heavy atom. The molecule has 15 heavy (non-hydrogen) atoms. The maximum atomic E-state index is 10.5. The molecule has 1 aliphatic heterocycles. The summed E-state index contributed by atoms with van der Waals surface area (Å²) in [5.74, 6) is 0. The molecule has 1 rings (SSSR count). The van der Waals surface area contributed by atoms with E-state index in [0.717, 1.165) is 42.4 Å². The van der Waals surface area contributed by atoms with E-state index >= 15 is 0 Å². The number of hydrogen-bond acceptors (Lipinski definition) is 4. The van der Waals surface area contributed by atoms with Crippen molar-refractivity contribution in [2.24, 2.45) is 10.9 Å². The molecule has 0 aromatic heterocycles. The number of carbonyl (C=O) groups excluding carboxylic acids is 1. The van der Waals surface area contributed by atoms with E-state index in [9.17, 15) is 4.79 Å². The Kier molecular flexibility index (Phi) is 4.71. The van der Waals surface area contributed by atoms with Gasteiger partial charge in [0.05, 0.1) is 25.8 Å². The van der Waals surface area contributed by atoms with Gasteiger partial charge in [0, 0.05) is 19.4 Å². The van der Waals surface area contributed by atoms with Crippen molar-refractivity contribution in [1.29, 1.82) is 0 Å². The van der Waals surface area contributed by atoms with Crippen LogP contribution in [0.2, 0.25) is 0 Å². The molecule has 1 aliphatic rings. The number of piperidine rings is 1. The summed E-state index contributed by atoms with van der Waals surface area (Å²) in [5.41, 5.74) is 6.38. The first-order chi connectivity index (χ1) is 7.20. The summed E-state index contributed by atoms with van der Waals surface area (Å²) in [7, 11) is 2.10. The lowest BCUT2D eigenvalue weighted by Crippen LogP contribution is -2.51. The van der Waals surface area contributed by atoms with E-state index in [1.807, 2.05) is 0 Å². The lowest BCUT2D eigenvalue weighted by molar-refractivity contribution is -0.902. The lowest BCUT2D eigenvalue weighted by atomic mass is 10.1. The van der Waals surface area contributed by atoms with Crippen LogP contribution in [0.1, 0.15) is 12.8 Å². The molecule has 86 valence electrons. The highest BCUT2D eigenvalue weighted by Gasteiger charge is 2.27. The highest BCUT2D eigenvalue weighted by Crippen LogP contribution is 2.13. The highest BCUT2D eigenvalue weighted by molar-refractivity contribution is 5.84. The number of quaternary nitrogens is 1. The Morgan fingerprint density at radius 1 is 1.53 bits per heavy atom. The molecule has 0 unspecified atom stereocenters. The molecule has 0 aliphatic carbocycles. The van der Waals surface area contributed by atoms with Gasteiger partial charge in [0.25, 0.3) is 0 Å². The van der Waals surface area contributed by atoms with Crippen molar-refractivity contribution in [2.75, 3.05) is 39.8 Å². The molecule has 0 radical (unpaired) electrons. The monoisotopic (exact) mass is 214 g/mol. The second-order valence-electron chi connectivity index (χ2n) is 4.20. The van der Waals surface area contributed by atoms with Crippen molar-refractivity contribution in [3.63, 3.8) is 0 Å². The van der Waals surface area contributed by atoms with Crippen molar-refractivity contribution >= 4 is 12.0 Å². The van der Waals surface area contributed by atoms with E-state index in [0.29, 0.717) is 19.7 Å². The average Bonchev–Trinajstić information content (AvgIpc) is 2.22. The first kappa shape index (κ1) is 12.1. The summed E-state index contributed by atoms with van der Waals surface area (Å²) in [6, 6.07) is 0. The minimum Gasteiger partial charge on any atom is -0.394 e. The second-order valence-corrected chi connectivity index (χ2v) is 4.20. The molecule has 1 heterocycles. The first-order valence-corrected chi connectivity index (χ1v) is 5.35. The molecular weight excluding hydrogens is 194 g/mol. The summed E-state index contributed by atoms with van der Waals surface area (Å²) < 4.78 is 0.819. The van der Waals surface area contributed by atoms with Gasteiger partial charge in [-0.2, -0.15) is 0 Å². The molecule has 5 heteroatoms. The van der Waals surface area contributed by atoms with Crippen LogP contribution in [0.25, 0.3) is 0 Å². The molecule has 5 nitrogen and oxygen atoms in total. The first-order valence-electron chi connectivity index (χ1n) is 5.35. The number of hydrogen-bond donors (Lipinski definition) is 1. The van der Waals surface area contributed by atoms with Crippen LogP contribution in [0, 0.1) is 0 Å². The fourth-order valence-electron chi connectivity index (χ4n) is 1.68. The Hall–Kier alpha value is -0.940. The molecule has 0 aromatic carbocycles. The van der Waals surface area contributed by atoms with Gasteiger partial charge in [-0.05, 0) is 0 Å². The van der Waals surface area contributed by atoms with Crippen LogP contribution in [-0.2, 0) is 9.63 Å². The van der Waals surface area contributed by atoms with Gasteiger partial charge in [0.1, 0.15) is 13.2 Å². The lowest BCUT2D eigenvalue weighted by Gasteiger charge is -2.36. The van der Waals surface area contributed by atoms with Gasteiger partial charge in [-0.15, -0.1) is 0 Å². The van der Waals surface area contributed by atoms with Crippen molar-refractivity contribution < 1.29 is 14.1 Å². The zero-order valence-corrected chi connectivity index (χ0v) is 9.32. The number of aldehydes is 1. The third-order valence-corrected chi connectivity index (χ3v) is 2.80. The van der Waals surface area contributed by atoms with E-state index in [4.69, 9.17) is 10.6 Å². The number of likely N-dealkylation sites (N-methyl/N-ethyl adjacent to an activating group) is 1. The van der Waals surface area contributed by atoms with Crippen LogP contribution in [0.5, 0.6) is 0 Å². The van der Waals surface area contributed by atoms with Crippen LogP contribution in [0.4, 0.5) is 0 Å². The maximum Gasteiger partial charge on any atom is 0.174 e. The average molecular weight is 214 g/mol. The topological polar surface area (TPSA) is 64.7 Å². The fourth-order valence-corrected chi connectivity index (χ4v) is 1.68. The van der Waals surface area contributed by atoms with E-state index in [1.54, 1.807) is 0 Å².